The average Bonchev–Trinajstić information content (AvgIpc) is 2.88. The van der Waals surface area contributed by atoms with Crippen molar-refractivity contribution in [3.63, 3.8) is 0 Å². The molecule has 3 aromatic carbocycles. The van der Waals surface area contributed by atoms with E-state index in [0.29, 0.717) is 13.1 Å². The van der Waals surface area contributed by atoms with Crippen LogP contribution in [0.15, 0.2) is 66.7 Å². The number of anilines is 1. The monoisotopic (exact) mass is 461 g/mol. The summed E-state index contributed by atoms with van der Waals surface area (Å²) in [6.45, 7) is 4.32. The minimum atomic E-state index is -0.000660. The standard InChI is InChI=1S/C27H28ClN3O2/c28-22-7-4-8-23(19-22)29-15-17-31(18-16-29)26(32)21-11-13-30(14-12-21)27(33)25-10-3-6-20-5-1-2-9-24(20)25/h1-10,19,21H,11-18H2. The SMILES string of the molecule is O=C(c1cccc2ccccc12)N1CCC(C(=O)N2CCN(c3cccc(Cl)c3)CC2)CC1. The Kier molecular flexibility index (Phi) is 6.23. The first kappa shape index (κ1) is 21.8. The van der Waals surface area contributed by atoms with E-state index in [0.717, 1.165) is 66.1 Å². The van der Waals surface area contributed by atoms with Gasteiger partial charge in [-0.2, -0.15) is 0 Å². The lowest BCUT2D eigenvalue weighted by Crippen LogP contribution is -2.52. The maximum atomic E-state index is 13.2. The van der Waals surface area contributed by atoms with Crippen molar-refractivity contribution >= 4 is 39.9 Å². The average molecular weight is 462 g/mol. The van der Waals surface area contributed by atoms with Crippen LogP contribution in [0.2, 0.25) is 5.02 Å². The van der Waals surface area contributed by atoms with Gasteiger partial charge in [-0.05, 0) is 47.9 Å². The number of halogens is 1. The van der Waals surface area contributed by atoms with Crippen LogP contribution < -0.4 is 4.90 Å². The molecule has 6 heteroatoms. The Labute approximate surface area is 199 Å². The lowest BCUT2D eigenvalue weighted by atomic mass is 9.94. The van der Waals surface area contributed by atoms with E-state index < -0.39 is 0 Å². The zero-order valence-electron chi connectivity index (χ0n) is 18.6. The van der Waals surface area contributed by atoms with Gasteiger partial charge in [0.2, 0.25) is 5.91 Å². The van der Waals surface area contributed by atoms with E-state index in [1.165, 1.54) is 0 Å². The number of piperidine rings is 1. The van der Waals surface area contributed by atoms with Gasteiger partial charge in [0.15, 0.2) is 0 Å². The predicted molar refractivity (Wildman–Crippen MR) is 133 cm³/mol. The molecule has 0 unspecified atom stereocenters. The van der Waals surface area contributed by atoms with Gasteiger partial charge in [0.05, 0.1) is 0 Å². The second kappa shape index (κ2) is 9.44. The van der Waals surface area contributed by atoms with E-state index in [1.807, 2.05) is 70.5 Å². The summed E-state index contributed by atoms with van der Waals surface area (Å²) in [7, 11) is 0. The van der Waals surface area contributed by atoms with Gasteiger partial charge in [-0.25, -0.2) is 0 Å². The third kappa shape index (κ3) is 4.55. The lowest BCUT2D eigenvalue weighted by molar-refractivity contribution is -0.137. The smallest absolute Gasteiger partial charge is 0.254 e. The van der Waals surface area contributed by atoms with Crippen molar-refractivity contribution in [2.45, 2.75) is 12.8 Å². The van der Waals surface area contributed by atoms with Crippen molar-refractivity contribution in [1.82, 2.24) is 9.80 Å². The molecule has 2 aliphatic rings. The molecule has 170 valence electrons. The van der Waals surface area contributed by atoms with Gasteiger partial charge in [-0.1, -0.05) is 54.1 Å². The topological polar surface area (TPSA) is 43.9 Å². The fraction of sp³-hybridized carbons (Fsp3) is 0.333. The highest BCUT2D eigenvalue weighted by atomic mass is 35.5. The maximum Gasteiger partial charge on any atom is 0.254 e. The molecule has 2 saturated heterocycles. The Bertz CT molecular complexity index is 1160. The quantitative estimate of drug-likeness (QED) is 0.568. The van der Waals surface area contributed by atoms with Gasteiger partial charge in [0.1, 0.15) is 0 Å². The number of rotatable bonds is 3. The normalized spacial score (nSPS) is 17.4. The molecule has 0 N–H and O–H groups in total. The van der Waals surface area contributed by atoms with Crippen LogP contribution in [0.3, 0.4) is 0 Å². The van der Waals surface area contributed by atoms with Crippen LogP contribution in [0.5, 0.6) is 0 Å². The van der Waals surface area contributed by atoms with Gasteiger partial charge < -0.3 is 14.7 Å². The number of benzene rings is 3. The summed E-state index contributed by atoms with van der Waals surface area (Å²) in [5.41, 5.74) is 1.85. The zero-order valence-corrected chi connectivity index (χ0v) is 19.4. The van der Waals surface area contributed by atoms with Crippen molar-refractivity contribution in [1.29, 1.82) is 0 Å². The minimum absolute atomic E-state index is 0.000660. The first-order valence-corrected chi connectivity index (χ1v) is 12.0. The number of likely N-dealkylation sites (tertiary alicyclic amines) is 1. The molecule has 2 heterocycles. The third-order valence-electron chi connectivity index (χ3n) is 6.92. The summed E-state index contributed by atoms with van der Waals surface area (Å²) in [4.78, 5) is 32.5. The van der Waals surface area contributed by atoms with E-state index in [1.54, 1.807) is 0 Å². The zero-order chi connectivity index (χ0) is 22.8. The summed E-state index contributed by atoms with van der Waals surface area (Å²) in [5, 5.41) is 2.79. The number of piperazine rings is 1. The van der Waals surface area contributed by atoms with Crippen LogP contribution in [0.1, 0.15) is 23.2 Å². The van der Waals surface area contributed by atoms with E-state index >= 15 is 0 Å². The van der Waals surface area contributed by atoms with Crippen molar-refractivity contribution in [2.75, 3.05) is 44.2 Å². The molecule has 2 aliphatic heterocycles. The molecule has 0 atom stereocenters. The fourth-order valence-corrected chi connectivity index (χ4v) is 5.21. The van der Waals surface area contributed by atoms with Crippen LogP contribution >= 0.6 is 11.6 Å². The molecule has 33 heavy (non-hydrogen) atoms. The van der Waals surface area contributed by atoms with E-state index in [-0.39, 0.29) is 17.7 Å². The Balaban J connectivity index is 1.17. The first-order valence-electron chi connectivity index (χ1n) is 11.7. The van der Waals surface area contributed by atoms with Gasteiger partial charge in [-0.15, -0.1) is 0 Å². The molecule has 0 spiro atoms. The number of hydrogen-bond donors (Lipinski definition) is 0. The Morgan fingerprint density at radius 2 is 1.45 bits per heavy atom. The molecule has 0 aliphatic carbocycles. The molecular formula is C27H28ClN3O2. The molecule has 0 radical (unpaired) electrons. The number of nitrogens with zero attached hydrogens (tertiary/aromatic N) is 3. The summed E-state index contributed by atoms with van der Waals surface area (Å²) in [6, 6.07) is 21.7. The Hall–Kier alpha value is -3.05. The molecule has 0 aromatic heterocycles. The third-order valence-corrected chi connectivity index (χ3v) is 7.15. The van der Waals surface area contributed by atoms with Gasteiger partial charge >= 0.3 is 0 Å². The maximum absolute atomic E-state index is 13.2. The highest BCUT2D eigenvalue weighted by Crippen LogP contribution is 2.26. The van der Waals surface area contributed by atoms with Crippen molar-refractivity contribution < 1.29 is 9.59 Å². The molecule has 0 saturated carbocycles. The summed E-state index contributed by atoms with van der Waals surface area (Å²) in [5.74, 6) is 0.296. The van der Waals surface area contributed by atoms with E-state index in [9.17, 15) is 9.59 Å². The van der Waals surface area contributed by atoms with Crippen LogP contribution in [0.4, 0.5) is 5.69 Å². The van der Waals surface area contributed by atoms with E-state index in [4.69, 9.17) is 11.6 Å². The highest BCUT2D eigenvalue weighted by molar-refractivity contribution is 6.30. The molecule has 0 bridgehead atoms. The van der Waals surface area contributed by atoms with Crippen LogP contribution in [0.25, 0.3) is 10.8 Å². The van der Waals surface area contributed by atoms with Gasteiger partial charge in [0.25, 0.3) is 5.91 Å². The van der Waals surface area contributed by atoms with Crippen molar-refractivity contribution in [3.8, 4) is 0 Å². The van der Waals surface area contributed by atoms with Gasteiger partial charge in [0, 0.05) is 61.5 Å². The van der Waals surface area contributed by atoms with Crippen molar-refractivity contribution in [3.05, 3.63) is 77.3 Å². The molecule has 5 nitrogen and oxygen atoms in total. The molecule has 2 amide bonds. The number of amides is 2. The number of hydrogen-bond acceptors (Lipinski definition) is 3. The fourth-order valence-electron chi connectivity index (χ4n) is 5.03. The number of fused-ring (bicyclic) bond motifs is 1. The molecule has 5 rings (SSSR count). The largest absolute Gasteiger partial charge is 0.368 e. The second-order valence-electron chi connectivity index (χ2n) is 8.89. The molecule has 2 fully saturated rings. The van der Waals surface area contributed by atoms with Gasteiger partial charge in [-0.3, -0.25) is 9.59 Å². The first-order chi connectivity index (χ1) is 16.1. The van der Waals surface area contributed by atoms with Crippen LogP contribution in [0, 0.1) is 5.92 Å². The van der Waals surface area contributed by atoms with Crippen LogP contribution in [-0.4, -0.2) is 60.9 Å². The summed E-state index contributed by atoms with van der Waals surface area (Å²) >= 11 is 6.13. The van der Waals surface area contributed by atoms with Crippen molar-refractivity contribution in [2.24, 2.45) is 5.92 Å². The lowest BCUT2D eigenvalue weighted by Gasteiger charge is -2.39. The highest BCUT2D eigenvalue weighted by Gasteiger charge is 2.32. The summed E-state index contributed by atoms with van der Waals surface area (Å²) in [6.07, 6.45) is 1.45. The predicted octanol–water partition coefficient (Wildman–Crippen LogP) is 4.69. The molecular weight excluding hydrogens is 434 g/mol. The summed E-state index contributed by atoms with van der Waals surface area (Å²) < 4.78 is 0. The molecule has 3 aromatic rings. The van der Waals surface area contributed by atoms with E-state index in [2.05, 4.69) is 11.0 Å². The minimum Gasteiger partial charge on any atom is -0.368 e. The Morgan fingerprint density at radius 3 is 2.21 bits per heavy atom. The Morgan fingerprint density at radius 1 is 0.758 bits per heavy atom. The number of carbonyl (C=O) groups excluding carboxylic acids is 2. The van der Waals surface area contributed by atoms with Crippen LogP contribution in [-0.2, 0) is 4.79 Å². The number of carbonyl (C=O) groups is 2. The second-order valence-corrected chi connectivity index (χ2v) is 9.32.